The Morgan fingerprint density at radius 1 is 1.47 bits per heavy atom. The first-order valence-electron chi connectivity index (χ1n) is 5.30. The van der Waals surface area contributed by atoms with Crippen molar-refractivity contribution in [2.45, 2.75) is 6.54 Å². The number of thiazole rings is 1. The van der Waals surface area contributed by atoms with Crippen LogP contribution < -0.4 is 0 Å². The first-order chi connectivity index (χ1) is 9.35. The molecule has 0 bridgehead atoms. The minimum absolute atomic E-state index is 0.250. The quantitative estimate of drug-likeness (QED) is 0.707. The zero-order valence-electron chi connectivity index (χ0n) is 9.80. The predicted octanol–water partition coefficient (Wildman–Crippen LogP) is 1.48. The smallest absolute Gasteiger partial charge is 0.290 e. The number of aromatic amines is 1. The lowest BCUT2D eigenvalue weighted by Crippen LogP contribution is -2.01. The fourth-order valence-electron chi connectivity index (χ4n) is 1.55. The molecule has 0 aromatic carbocycles. The van der Waals surface area contributed by atoms with Gasteiger partial charge in [-0.3, -0.25) is 4.79 Å². The summed E-state index contributed by atoms with van der Waals surface area (Å²) >= 11 is 1.60. The standard InChI is InChI=1S/C10H9N5S.CH2O2/c1-2-15(4-8-5-16-7-14-8)10(12-1)9-3-11-6-13-9;2-1-3/h1-3,5-7H,4H2,(H,11,13);1H,(H,2,3). The highest BCUT2D eigenvalue weighted by molar-refractivity contribution is 7.07. The number of carbonyl (C=O) groups is 1. The molecule has 0 atom stereocenters. The molecule has 0 radical (unpaired) electrons. The van der Waals surface area contributed by atoms with Crippen LogP contribution in [0.2, 0.25) is 0 Å². The van der Waals surface area contributed by atoms with Crippen LogP contribution in [0.3, 0.4) is 0 Å². The van der Waals surface area contributed by atoms with E-state index in [1.54, 1.807) is 30.1 Å². The second-order valence-corrected chi connectivity index (χ2v) is 4.15. The van der Waals surface area contributed by atoms with Crippen molar-refractivity contribution in [3.05, 3.63) is 41.5 Å². The van der Waals surface area contributed by atoms with Gasteiger partial charge in [-0.1, -0.05) is 0 Å². The van der Waals surface area contributed by atoms with Crippen LogP contribution in [0.4, 0.5) is 0 Å². The van der Waals surface area contributed by atoms with Gasteiger partial charge >= 0.3 is 0 Å². The number of H-pyrrole nitrogens is 1. The first-order valence-corrected chi connectivity index (χ1v) is 6.24. The van der Waals surface area contributed by atoms with E-state index in [9.17, 15) is 0 Å². The van der Waals surface area contributed by atoms with Gasteiger partial charge in [-0.2, -0.15) is 0 Å². The first kappa shape index (κ1) is 13.0. The molecule has 3 aromatic heterocycles. The highest BCUT2D eigenvalue weighted by Crippen LogP contribution is 2.15. The van der Waals surface area contributed by atoms with Gasteiger partial charge in [-0.25, -0.2) is 15.0 Å². The Labute approximate surface area is 112 Å². The molecular formula is C11H11N5O2S. The van der Waals surface area contributed by atoms with Crippen molar-refractivity contribution >= 4 is 17.8 Å². The number of imidazole rings is 2. The maximum Gasteiger partial charge on any atom is 0.290 e. The molecule has 3 aromatic rings. The molecule has 8 heteroatoms. The monoisotopic (exact) mass is 277 g/mol. The van der Waals surface area contributed by atoms with Crippen molar-refractivity contribution in [2.75, 3.05) is 0 Å². The molecule has 0 aliphatic carbocycles. The van der Waals surface area contributed by atoms with Crippen molar-refractivity contribution in [1.29, 1.82) is 0 Å². The van der Waals surface area contributed by atoms with E-state index in [0.717, 1.165) is 23.8 Å². The zero-order valence-corrected chi connectivity index (χ0v) is 10.6. The minimum Gasteiger partial charge on any atom is -0.483 e. The van der Waals surface area contributed by atoms with E-state index in [4.69, 9.17) is 9.90 Å². The van der Waals surface area contributed by atoms with Crippen LogP contribution in [0.5, 0.6) is 0 Å². The average molecular weight is 277 g/mol. The maximum absolute atomic E-state index is 8.36. The molecule has 2 N–H and O–H groups in total. The maximum atomic E-state index is 8.36. The van der Waals surface area contributed by atoms with E-state index in [-0.39, 0.29) is 6.47 Å². The van der Waals surface area contributed by atoms with Gasteiger partial charge in [0.15, 0.2) is 5.82 Å². The molecule has 0 aliphatic rings. The summed E-state index contributed by atoms with van der Waals surface area (Å²) in [5, 5.41) is 8.93. The van der Waals surface area contributed by atoms with E-state index in [1.807, 2.05) is 21.7 Å². The van der Waals surface area contributed by atoms with Crippen molar-refractivity contribution in [2.24, 2.45) is 0 Å². The van der Waals surface area contributed by atoms with Gasteiger partial charge in [0.2, 0.25) is 0 Å². The summed E-state index contributed by atoms with van der Waals surface area (Å²) in [6, 6.07) is 0. The Morgan fingerprint density at radius 3 is 2.95 bits per heavy atom. The number of hydrogen-bond acceptors (Lipinski definition) is 5. The molecule has 0 unspecified atom stereocenters. The summed E-state index contributed by atoms with van der Waals surface area (Å²) in [6.45, 7) is 0.484. The largest absolute Gasteiger partial charge is 0.483 e. The molecule has 98 valence electrons. The summed E-state index contributed by atoms with van der Waals surface area (Å²) in [5.41, 5.74) is 3.80. The van der Waals surface area contributed by atoms with Crippen molar-refractivity contribution in [3.63, 3.8) is 0 Å². The Balaban J connectivity index is 0.000000408. The lowest BCUT2D eigenvalue weighted by Gasteiger charge is -2.03. The SMILES string of the molecule is O=CO.c1cn(Cc2cscn2)c(-c2cnc[nH]2)n1. The van der Waals surface area contributed by atoms with Gasteiger partial charge in [0, 0.05) is 17.8 Å². The molecule has 19 heavy (non-hydrogen) atoms. The van der Waals surface area contributed by atoms with Crippen LogP contribution in [0.15, 0.2) is 35.8 Å². The van der Waals surface area contributed by atoms with Gasteiger partial charge in [0.05, 0.1) is 30.3 Å². The third-order valence-corrected chi connectivity index (χ3v) is 2.91. The summed E-state index contributed by atoms with van der Waals surface area (Å²) in [7, 11) is 0. The van der Waals surface area contributed by atoms with Gasteiger partial charge in [-0.15, -0.1) is 11.3 Å². The fourth-order valence-corrected chi connectivity index (χ4v) is 2.10. The lowest BCUT2D eigenvalue weighted by atomic mass is 10.4. The van der Waals surface area contributed by atoms with Crippen LogP contribution >= 0.6 is 11.3 Å². The third-order valence-electron chi connectivity index (χ3n) is 2.27. The number of nitrogens with zero attached hydrogens (tertiary/aromatic N) is 4. The van der Waals surface area contributed by atoms with Gasteiger partial charge in [0.25, 0.3) is 6.47 Å². The average Bonchev–Trinajstić information content (AvgIpc) is 3.11. The Bertz CT molecular complexity index is 603. The van der Waals surface area contributed by atoms with Crippen molar-refractivity contribution < 1.29 is 9.90 Å². The normalized spacial score (nSPS) is 9.68. The Morgan fingerprint density at radius 2 is 2.32 bits per heavy atom. The number of hydrogen-bond donors (Lipinski definition) is 2. The van der Waals surface area contributed by atoms with E-state index in [0.29, 0.717) is 0 Å². The topological polar surface area (TPSA) is 96.7 Å². The molecule has 0 fully saturated rings. The molecule has 0 saturated carbocycles. The fraction of sp³-hybridized carbons (Fsp3) is 0.0909. The summed E-state index contributed by atoms with van der Waals surface area (Å²) in [4.78, 5) is 24.0. The third kappa shape index (κ3) is 3.26. The summed E-state index contributed by atoms with van der Waals surface area (Å²) < 4.78 is 2.04. The highest BCUT2D eigenvalue weighted by Gasteiger charge is 2.07. The highest BCUT2D eigenvalue weighted by atomic mass is 32.1. The zero-order chi connectivity index (χ0) is 13.5. The molecule has 0 saturated heterocycles. The van der Waals surface area contributed by atoms with Crippen molar-refractivity contribution in [1.82, 2.24) is 24.5 Å². The number of rotatable bonds is 3. The number of carboxylic acid groups (broad SMARTS) is 1. The number of nitrogens with one attached hydrogen (secondary N) is 1. The molecule has 3 rings (SSSR count). The van der Waals surface area contributed by atoms with Crippen LogP contribution in [0.1, 0.15) is 5.69 Å². The van der Waals surface area contributed by atoms with Crippen molar-refractivity contribution in [3.8, 4) is 11.5 Å². The minimum atomic E-state index is -0.250. The van der Waals surface area contributed by atoms with E-state index in [2.05, 4.69) is 19.9 Å². The Hall–Kier alpha value is -2.48. The molecule has 7 nitrogen and oxygen atoms in total. The van der Waals surface area contributed by atoms with Gasteiger partial charge in [-0.05, 0) is 0 Å². The second kappa shape index (κ2) is 6.45. The lowest BCUT2D eigenvalue weighted by molar-refractivity contribution is -0.122. The van der Waals surface area contributed by atoms with E-state index in [1.165, 1.54) is 0 Å². The summed E-state index contributed by atoms with van der Waals surface area (Å²) in [6.07, 6.45) is 7.13. The van der Waals surface area contributed by atoms with Gasteiger partial charge < -0.3 is 14.7 Å². The molecular weight excluding hydrogens is 266 g/mol. The van der Waals surface area contributed by atoms with Crippen LogP contribution in [-0.4, -0.2) is 36.1 Å². The van der Waals surface area contributed by atoms with E-state index >= 15 is 0 Å². The van der Waals surface area contributed by atoms with Crippen LogP contribution in [-0.2, 0) is 11.3 Å². The number of aromatic nitrogens is 5. The van der Waals surface area contributed by atoms with Crippen LogP contribution in [0.25, 0.3) is 11.5 Å². The van der Waals surface area contributed by atoms with E-state index < -0.39 is 0 Å². The molecule has 0 amide bonds. The van der Waals surface area contributed by atoms with Gasteiger partial charge in [0.1, 0.15) is 5.69 Å². The molecule has 3 heterocycles. The summed E-state index contributed by atoms with van der Waals surface area (Å²) in [5.74, 6) is 0.880. The molecule has 0 aliphatic heterocycles. The van der Waals surface area contributed by atoms with Crippen LogP contribution in [0, 0.1) is 0 Å². The second-order valence-electron chi connectivity index (χ2n) is 3.43. The Kier molecular flexibility index (Phi) is 4.40. The molecule has 0 spiro atoms. The predicted molar refractivity (Wildman–Crippen MR) is 69.7 cm³/mol.